The molecule has 4 N–H and O–H groups in total. The lowest BCUT2D eigenvalue weighted by Crippen LogP contribution is -2.46. The Bertz CT molecular complexity index is 2200. The third-order valence-corrected chi connectivity index (χ3v) is 10.8. The van der Waals surface area contributed by atoms with Gasteiger partial charge in [-0.3, -0.25) is 23.6 Å². The topological polar surface area (TPSA) is 160 Å². The van der Waals surface area contributed by atoms with Gasteiger partial charge in [-0.15, -0.1) is 0 Å². The van der Waals surface area contributed by atoms with Crippen LogP contribution < -0.4 is 31.9 Å². The Labute approximate surface area is 303 Å². The summed E-state index contributed by atoms with van der Waals surface area (Å²) in [7, 11) is 2.88. The van der Waals surface area contributed by atoms with Gasteiger partial charge < -0.3 is 25.8 Å². The van der Waals surface area contributed by atoms with E-state index in [0.717, 1.165) is 58.8 Å². The number of nitrogens with one attached hydrogen (secondary N) is 3. The number of carbonyl (C=O) groups is 2. The normalized spacial score (nSPS) is 20.3. The molecule has 0 unspecified atom stereocenters. The molecule has 0 radical (unpaired) electrons. The van der Waals surface area contributed by atoms with Crippen LogP contribution in [0.5, 0.6) is 5.88 Å². The van der Waals surface area contributed by atoms with Crippen molar-refractivity contribution in [3.05, 3.63) is 96.2 Å². The van der Waals surface area contributed by atoms with E-state index in [2.05, 4.69) is 26.9 Å². The van der Waals surface area contributed by atoms with E-state index >= 15 is 0 Å². The smallest absolute Gasteiger partial charge is 0.330 e. The summed E-state index contributed by atoms with van der Waals surface area (Å²) in [5.41, 5.74) is 2.91. The van der Waals surface area contributed by atoms with Gasteiger partial charge in [0.05, 0.1) is 46.7 Å². The van der Waals surface area contributed by atoms with Crippen molar-refractivity contribution in [3.63, 3.8) is 0 Å². The lowest BCUT2D eigenvalue weighted by molar-refractivity contribution is 0.102. The minimum Gasteiger partial charge on any atom is -0.481 e. The Balaban J connectivity index is 1.18. The van der Waals surface area contributed by atoms with Crippen LogP contribution in [0.25, 0.3) is 22.4 Å². The lowest BCUT2D eigenvalue weighted by atomic mass is 9.99. The van der Waals surface area contributed by atoms with Gasteiger partial charge in [-0.2, -0.15) is 0 Å². The lowest BCUT2D eigenvalue weighted by Gasteiger charge is -2.28. The van der Waals surface area contributed by atoms with Gasteiger partial charge in [-0.25, -0.2) is 14.6 Å². The maximum absolute atomic E-state index is 13.4. The first-order valence-electron chi connectivity index (χ1n) is 16.6. The molecule has 7 rings (SSSR count). The average molecular weight is 735 g/mol. The Kier molecular flexibility index (Phi) is 9.17. The highest BCUT2D eigenvalue weighted by molar-refractivity contribution is 6.39. The number of hydrogen-bond acceptors (Lipinski definition) is 8. The fourth-order valence-corrected chi connectivity index (χ4v) is 8.10. The molecule has 2 aromatic carbocycles. The standard InChI is InChI=1S/C36H37Cl2N7O6/c1-19(46)15-45-16-24(33(48)43(2)35(45)50)31(47)40-25-9-5-7-22(30(25)38)21-6-4-8-23(29(21)37)26-14-20-10-11-27(28(20)32(41-26)51-3)44-13-12-36(18-44)17-39-34(49)42-36/h4-9,14,16,19,27,46H,10-13,15,17-18H2,1-3H3,(H,40,47)(H2,39,42,49)/t19-,27-,36-/m0/s1. The number of rotatable bonds is 8. The second kappa shape index (κ2) is 13.5. The van der Waals surface area contributed by atoms with Gasteiger partial charge in [0.15, 0.2) is 0 Å². The maximum atomic E-state index is 13.4. The number of aromatic nitrogens is 3. The SMILES string of the molecule is COc1nc(-c2cccc(-c3cccc(NC(=O)c4cn(C[C@H](C)O)c(=O)n(C)c4=O)c3Cl)c2Cl)cc2c1[C@@H](N1CC[C@]3(CNC(=O)N3)C1)CC2. The van der Waals surface area contributed by atoms with Gasteiger partial charge in [-0.05, 0) is 43.9 Å². The van der Waals surface area contributed by atoms with Crippen LogP contribution in [0.4, 0.5) is 10.5 Å². The highest BCUT2D eigenvalue weighted by Crippen LogP contribution is 2.46. The van der Waals surface area contributed by atoms with Gasteiger partial charge >= 0.3 is 11.7 Å². The number of likely N-dealkylation sites (tertiary alicyclic amines) is 1. The number of aliphatic hydroxyl groups is 1. The number of methoxy groups -OCH3 is 1. The van der Waals surface area contributed by atoms with Crippen LogP contribution in [0.2, 0.25) is 10.0 Å². The fourth-order valence-electron chi connectivity index (χ4n) is 7.50. The number of hydrogen-bond donors (Lipinski definition) is 4. The van der Waals surface area contributed by atoms with Crippen LogP contribution in [0.15, 0.2) is 58.3 Å². The van der Waals surface area contributed by atoms with E-state index in [9.17, 15) is 24.3 Å². The molecule has 0 bridgehead atoms. The number of aliphatic hydroxyl groups excluding tert-OH is 1. The average Bonchev–Trinajstić information content (AvgIpc) is 3.83. The summed E-state index contributed by atoms with van der Waals surface area (Å²) in [6.07, 6.45) is 2.88. The van der Waals surface area contributed by atoms with Crippen LogP contribution in [0.1, 0.15) is 47.3 Å². The molecular formula is C36H37Cl2N7O6. The summed E-state index contributed by atoms with van der Waals surface area (Å²) in [5.74, 6) is -0.231. The van der Waals surface area contributed by atoms with E-state index in [4.69, 9.17) is 32.9 Å². The fraction of sp³-hybridized carbons (Fsp3) is 0.361. The molecule has 3 atom stereocenters. The molecule has 1 spiro atoms. The molecule has 3 amide bonds. The van der Waals surface area contributed by atoms with Crippen LogP contribution in [0, 0.1) is 0 Å². The third kappa shape index (κ3) is 6.28. The predicted molar refractivity (Wildman–Crippen MR) is 194 cm³/mol. The van der Waals surface area contributed by atoms with Gasteiger partial charge in [0, 0.05) is 61.2 Å². The quantitative estimate of drug-likeness (QED) is 0.212. The molecule has 2 aromatic heterocycles. The summed E-state index contributed by atoms with van der Waals surface area (Å²) in [4.78, 5) is 58.0. The second-order valence-electron chi connectivity index (χ2n) is 13.4. The number of nitrogens with zero attached hydrogens (tertiary/aromatic N) is 4. The Morgan fingerprint density at radius 1 is 1.14 bits per heavy atom. The molecule has 4 heterocycles. The first-order chi connectivity index (χ1) is 24.4. The first kappa shape index (κ1) is 34.7. The maximum Gasteiger partial charge on any atom is 0.330 e. The minimum atomic E-state index is -0.878. The highest BCUT2D eigenvalue weighted by Gasteiger charge is 2.46. The van der Waals surface area contributed by atoms with Crippen molar-refractivity contribution in [2.45, 2.75) is 50.4 Å². The van der Waals surface area contributed by atoms with E-state index < -0.39 is 23.3 Å². The molecule has 13 nitrogen and oxygen atoms in total. The van der Waals surface area contributed by atoms with Crippen molar-refractivity contribution in [1.82, 2.24) is 29.7 Å². The zero-order chi connectivity index (χ0) is 36.2. The number of halogens is 2. The zero-order valence-corrected chi connectivity index (χ0v) is 29.8. The number of urea groups is 1. The summed E-state index contributed by atoms with van der Waals surface area (Å²) in [6.45, 7) is 3.63. The van der Waals surface area contributed by atoms with E-state index in [1.54, 1.807) is 25.3 Å². The predicted octanol–water partition coefficient (Wildman–Crippen LogP) is 3.97. The van der Waals surface area contributed by atoms with Crippen LogP contribution in [0.3, 0.4) is 0 Å². The number of fused-ring (bicyclic) bond motifs is 1. The van der Waals surface area contributed by atoms with Gasteiger partial charge in [0.2, 0.25) is 5.88 Å². The number of aryl methyl sites for hydroxylation is 1. The van der Waals surface area contributed by atoms with Crippen molar-refractivity contribution in [1.29, 1.82) is 0 Å². The molecular weight excluding hydrogens is 697 g/mol. The summed E-state index contributed by atoms with van der Waals surface area (Å²) < 4.78 is 7.81. The summed E-state index contributed by atoms with van der Waals surface area (Å²) in [6, 6.07) is 12.7. The molecule has 266 valence electrons. The number of pyridine rings is 1. The van der Waals surface area contributed by atoms with Gasteiger partial charge in [-0.1, -0.05) is 53.5 Å². The van der Waals surface area contributed by atoms with Gasteiger partial charge in [0.25, 0.3) is 11.5 Å². The van der Waals surface area contributed by atoms with E-state index in [1.165, 1.54) is 14.0 Å². The van der Waals surface area contributed by atoms with E-state index in [1.807, 2.05) is 18.2 Å². The van der Waals surface area contributed by atoms with Crippen molar-refractivity contribution < 1.29 is 19.4 Å². The summed E-state index contributed by atoms with van der Waals surface area (Å²) in [5, 5.41) is 19.1. The minimum absolute atomic E-state index is 0.0955. The number of benzene rings is 2. The Morgan fingerprint density at radius 3 is 2.57 bits per heavy atom. The second-order valence-corrected chi connectivity index (χ2v) is 14.2. The third-order valence-electron chi connectivity index (χ3n) is 9.98. The first-order valence-corrected chi connectivity index (χ1v) is 17.4. The van der Waals surface area contributed by atoms with Gasteiger partial charge in [0.1, 0.15) is 5.56 Å². The van der Waals surface area contributed by atoms with Crippen molar-refractivity contribution in [3.8, 4) is 28.3 Å². The van der Waals surface area contributed by atoms with Crippen molar-refractivity contribution in [2.24, 2.45) is 7.05 Å². The molecule has 51 heavy (non-hydrogen) atoms. The van der Waals surface area contributed by atoms with E-state index in [0.29, 0.717) is 39.8 Å². The number of ether oxygens (including phenoxy) is 1. The molecule has 2 aliphatic heterocycles. The van der Waals surface area contributed by atoms with Crippen LogP contribution >= 0.6 is 23.2 Å². The Hall–Kier alpha value is -4.69. The molecule has 3 aliphatic rings. The molecule has 15 heteroatoms. The highest BCUT2D eigenvalue weighted by atomic mass is 35.5. The molecule has 4 aromatic rings. The van der Waals surface area contributed by atoms with Crippen LogP contribution in [-0.4, -0.2) is 74.4 Å². The monoisotopic (exact) mass is 733 g/mol. The zero-order valence-electron chi connectivity index (χ0n) is 28.3. The number of anilines is 1. The van der Waals surface area contributed by atoms with E-state index in [-0.39, 0.29) is 40.4 Å². The molecule has 0 saturated carbocycles. The largest absolute Gasteiger partial charge is 0.481 e. The number of amides is 3. The van der Waals surface area contributed by atoms with Crippen molar-refractivity contribution >= 4 is 40.8 Å². The molecule has 1 aliphatic carbocycles. The molecule has 2 saturated heterocycles. The summed E-state index contributed by atoms with van der Waals surface area (Å²) >= 11 is 14.0. The molecule has 2 fully saturated rings. The van der Waals surface area contributed by atoms with Crippen LogP contribution in [-0.2, 0) is 20.0 Å². The number of carbonyl (C=O) groups excluding carboxylic acids is 2. The van der Waals surface area contributed by atoms with Crippen molar-refractivity contribution in [2.75, 3.05) is 32.1 Å². The Morgan fingerprint density at radius 2 is 1.86 bits per heavy atom.